The Kier molecular flexibility index (Phi) is 7.44. The molecule has 1 aromatic rings. The minimum Gasteiger partial charge on any atom is -0.379 e. The molecule has 0 fully saturated rings. The predicted octanol–water partition coefficient (Wildman–Crippen LogP) is 2.37. The smallest absolute Gasteiger partial charge is 0.0593 e. The first-order valence-electron chi connectivity index (χ1n) is 6.23. The molecule has 0 spiro atoms. The van der Waals surface area contributed by atoms with Crippen LogP contribution in [0.3, 0.4) is 0 Å². The van der Waals surface area contributed by atoms with Gasteiger partial charge in [0.15, 0.2) is 0 Å². The Morgan fingerprint density at radius 2 is 2.24 bits per heavy atom. The van der Waals surface area contributed by atoms with Crippen LogP contribution in [-0.4, -0.2) is 45.3 Å². The molecule has 0 aliphatic heterocycles. The molecule has 1 aromatic heterocycles. The maximum absolute atomic E-state index is 5.56. The van der Waals surface area contributed by atoms with E-state index in [1.54, 1.807) is 0 Å². The molecule has 1 rings (SSSR count). The number of nitrogens with one attached hydrogen (secondary N) is 1. The van der Waals surface area contributed by atoms with Crippen molar-refractivity contribution in [3.05, 3.63) is 22.4 Å². The average Bonchev–Trinajstić information content (AvgIpc) is 2.81. The zero-order valence-electron chi connectivity index (χ0n) is 11.1. The first-order valence-corrected chi connectivity index (χ1v) is 7.11. The second-order valence-electron chi connectivity index (χ2n) is 4.35. The molecular formula is C13H24N2OS. The lowest BCUT2D eigenvalue weighted by molar-refractivity contribution is 0.117. The minimum atomic E-state index is 0.479. The highest BCUT2D eigenvalue weighted by Crippen LogP contribution is 2.21. The van der Waals surface area contributed by atoms with Crippen molar-refractivity contribution in [3.8, 4) is 0 Å². The molecule has 0 aliphatic carbocycles. The molecule has 0 aliphatic rings. The summed E-state index contributed by atoms with van der Waals surface area (Å²) in [5.74, 6) is 0. The van der Waals surface area contributed by atoms with Crippen LogP contribution in [0, 0.1) is 0 Å². The third kappa shape index (κ3) is 6.17. The van der Waals surface area contributed by atoms with Crippen LogP contribution in [0.2, 0.25) is 0 Å². The summed E-state index contributed by atoms with van der Waals surface area (Å²) in [6.45, 7) is 5.72. The van der Waals surface area contributed by atoms with Gasteiger partial charge in [0.25, 0.3) is 0 Å². The average molecular weight is 256 g/mol. The fourth-order valence-corrected chi connectivity index (χ4v) is 2.48. The predicted molar refractivity (Wildman–Crippen MR) is 74.7 cm³/mol. The van der Waals surface area contributed by atoms with E-state index in [0.29, 0.717) is 6.04 Å². The fraction of sp³-hybridized carbons (Fsp3) is 0.692. The number of likely N-dealkylation sites (N-methyl/N-ethyl adjacent to an activating group) is 1. The molecule has 0 amide bonds. The maximum atomic E-state index is 5.56. The SMILES string of the molecule is CCC(NCCOCCN(C)C)c1cccs1. The molecule has 4 heteroatoms. The molecule has 1 atom stereocenters. The minimum absolute atomic E-state index is 0.479. The highest BCUT2D eigenvalue weighted by molar-refractivity contribution is 7.10. The number of hydrogen-bond donors (Lipinski definition) is 1. The summed E-state index contributed by atoms with van der Waals surface area (Å²) in [5.41, 5.74) is 0. The molecule has 0 radical (unpaired) electrons. The largest absolute Gasteiger partial charge is 0.379 e. The lowest BCUT2D eigenvalue weighted by atomic mass is 10.2. The van der Waals surface area contributed by atoms with Gasteiger partial charge in [-0.1, -0.05) is 13.0 Å². The molecule has 0 saturated carbocycles. The van der Waals surface area contributed by atoms with Gasteiger partial charge in [-0.25, -0.2) is 0 Å². The number of hydrogen-bond acceptors (Lipinski definition) is 4. The molecular weight excluding hydrogens is 232 g/mol. The van der Waals surface area contributed by atoms with E-state index in [0.717, 1.165) is 32.7 Å². The Hall–Kier alpha value is -0.420. The van der Waals surface area contributed by atoms with Gasteiger partial charge in [-0.3, -0.25) is 0 Å². The molecule has 98 valence electrons. The van der Waals surface area contributed by atoms with E-state index >= 15 is 0 Å². The third-order valence-corrected chi connectivity index (χ3v) is 3.60. The van der Waals surface area contributed by atoms with Gasteiger partial charge < -0.3 is 15.0 Å². The molecule has 1 unspecified atom stereocenters. The van der Waals surface area contributed by atoms with Crippen LogP contribution < -0.4 is 5.32 Å². The summed E-state index contributed by atoms with van der Waals surface area (Å²) >= 11 is 1.82. The van der Waals surface area contributed by atoms with Crippen LogP contribution in [0.4, 0.5) is 0 Å². The van der Waals surface area contributed by atoms with E-state index in [1.807, 2.05) is 11.3 Å². The van der Waals surface area contributed by atoms with E-state index in [9.17, 15) is 0 Å². The Morgan fingerprint density at radius 3 is 2.82 bits per heavy atom. The topological polar surface area (TPSA) is 24.5 Å². The second kappa shape index (κ2) is 8.64. The number of rotatable bonds is 9. The normalized spacial score (nSPS) is 13.2. The van der Waals surface area contributed by atoms with Gasteiger partial charge in [-0.2, -0.15) is 0 Å². The van der Waals surface area contributed by atoms with Gasteiger partial charge in [-0.15, -0.1) is 11.3 Å². The van der Waals surface area contributed by atoms with E-state index in [-0.39, 0.29) is 0 Å². The highest BCUT2D eigenvalue weighted by Gasteiger charge is 2.08. The molecule has 1 heterocycles. The van der Waals surface area contributed by atoms with Crippen molar-refractivity contribution in [2.45, 2.75) is 19.4 Å². The van der Waals surface area contributed by atoms with Gasteiger partial charge in [0.05, 0.1) is 13.2 Å². The maximum Gasteiger partial charge on any atom is 0.0593 e. The quantitative estimate of drug-likeness (QED) is 0.687. The van der Waals surface area contributed by atoms with Gasteiger partial charge in [0.2, 0.25) is 0 Å². The Bertz CT molecular complexity index is 275. The van der Waals surface area contributed by atoms with Gasteiger partial charge in [0.1, 0.15) is 0 Å². The van der Waals surface area contributed by atoms with E-state index in [1.165, 1.54) is 4.88 Å². The Balaban J connectivity index is 2.08. The molecule has 0 bridgehead atoms. The van der Waals surface area contributed by atoms with E-state index < -0.39 is 0 Å². The summed E-state index contributed by atoms with van der Waals surface area (Å²) < 4.78 is 5.56. The summed E-state index contributed by atoms with van der Waals surface area (Å²) in [6.07, 6.45) is 1.12. The molecule has 1 N–H and O–H groups in total. The third-order valence-electron chi connectivity index (χ3n) is 2.61. The first-order chi connectivity index (χ1) is 8.24. The van der Waals surface area contributed by atoms with Crippen LogP contribution in [0.15, 0.2) is 17.5 Å². The lowest BCUT2D eigenvalue weighted by Gasteiger charge is -2.16. The van der Waals surface area contributed by atoms with Gasteiger partial charge in [-0.05, 0) is 32.0 Å². The van der Waals surface area contributed by atoms with E-state index in [4.69, 9.17) is 4.74 Å². The van der Waals surface area contributed by atoms with Crippen molar-refractivity contribution in [1.29, 1.82) is 0 Å². The summed E-state index contributed by atoms with van der Waals surface area (Å²) in [6, 6.07) is 4.78. The molecule has 0 aromatic carbocycles. The summed E-state index contributed by atoms with van der Waals surface area (Å²) in [7, 11) is 4.12. The lowest BCUT2D eigenvalue weighted by Crippen LogP contribution is -2.26. The van der Waals surface area contributed by atoms with Crippen molar-refractivity contribution >= 4 is 11.3 Å². The van der Waals surface area contributed by atoms with Crippen molar-refractivity contribution in [2.75, 3.05) is 40.4 Å². The monoisotopic (exact) mass is 256 g/mol. The van der Waals surface area contributed by atoms with Crippen molar-refractivity contribution in [3.63, 3.8) is 0 Å². The highest BCUT2D eigenvalue weighted by atomic mass is 32.1. The van der Waals surface area contributed by atoms with Crippen LogP contribution in [0.5, 0.6) is 0 Å². The van der Waals surface area contributed by atoms with E-state index in [2.05, 4.69) is 48.7 Å². The first kappa shape index (κ1) is 14.6. The standard InChI is InChI=1S/C13H24N2OS/c1-4-12(13-6-5-11-17-13)14-7-9-16-10-8-15(2)3/h5-6,11-12,14H,4,7-10H2,1-3H3. The van der Waals surface area contributed by atoms with Crippen molar-refractivity contribution in [1.82, 2.24) is 10.2 Å². The van der Waals surface area contributed by atoms with Gasteiger partial charge in [0, 0.05) is 24.0 Å². The Morgan fingerprint density at radius 1 is 1.41 bits per heavy atom. The Labute approximate surface area is 109 Å². The van der Waals surface area contributed by atoms with Crippen LogP contribution in [0.25, 0.3) is 0 Å². The van der Waals surface area contributed by atoms with Crippen LogP contribution in [-0.2, 0) is 4.74 Å². The van der Waals surface area contributed by atoms with Crippen LogP contribution in [0.1, 0.15) is 24.3 Å². The van der Waals surface area contributed by atoms with Crippen molar-refractivity contribution in [2.24, 2.45) is 0 Å². The molecule has 0 saturated heterocycles. The molecule has 3 nitrogen and oxygen atoms in total. The fourth-order valence-electron chi connectivity index (χ4n) is 1.59. The van der Waals surface area contributed by atoms with Gasteiger partial charge >= 0.3 is 0 Å². The number of ether oxygens (including phenoxy) is 1. The van der Waals surface area contributed by atoms with Crippen LogP contribution >= 0.6 is 11.3 Å². The summed E-state index contributed by atoms with van der Waals surface area (Å²) in [4.78, 5) is 3.55. The number of nitrogens with zero attached hydrogens (tertiary/aromatic N) is 1. The van der Waals surface area contributed by atoms with Crippen molar-refractivity contribution < 1.29 is 4.74 Å². The number of thiophene rings is 1. The zero-order valence-corrected chi connectivity index (χ0v) is 11.9. The zero-order chi connectivity index (χ0) is 12.5. The second-order valence-corrected chi connectivity index (χ2v) is 5.33. The summed E-state index contributed by atoms with van der Waals surface area (Å²) in [5, 5.41) is 5.66. The molecule has 17 heavy (non-hydrogen) atoms.